The molecule has 0 saturated carbocycles. The molecule has 1 unspecified atom stereocenters. The largest absolute Gasteiger partial charge is 0.459 e. The lowest BCUT2D eigenvalue weighted by molar-refractivity contribution is 0.509. The van der Waals surface area contributed by atoms with Crippen molar-refractivity contribution in [1.29, 1.82) is 0 Å². The Balaban J connectivity index is 2.07. The number of pyridine rings is 1. The second kappa shape index (κ2) is 4.23. The van der Waals surface area contributed by atoms with E-state index in [9.17, 15) is 4.39 Å². The Hall–Kier alpha value is -2.20. The van der Waals surface area contributed by atoms with Crippen LogP contribution in [0, 0.1) is 5.82 Å². The van der Waals surface area contributed by atoms with Crippen LogP contribution >= 0.6 is 0 Å². The van der Waals surface area contributed by atoms with Crippen LogP contribution in [0.25, 0.3) is 11.0 Å². The van der Waals surface area contributed by atoms with Gasteiger partial charge in [0.15, 0.2) is 0 Å². The van der Waals surface area contributed by atoms with Crippen LogP contribution in [0.4, 0.5) is 4.39 Å². The molecule has 0 aliphatic heterocycles. The zero-order valence-corrected chi connectivity index (χ0v) is 9.51. The fourth-order valence-corrected chi connectivity index (χ4v) is 1.95. The number of hydrogen-bond donors (Lipinski definition) is 1. The topological polar surface area (TPSA) is 52.0 Å². The van der Waals surface area contributed by atoms with Crippen LogP contribution in [-0.4, -0.2) is 4.98 Å². The van der Waals surface area contributed by atoms with Gasteiger partial charge < -0.3 is 10.2 Å². The molecule has 0 aliphatic carbocycles. The third kappa shape index (κ3) is 1.76. The molecule has 3 nitrogen and oxygen atoms in total. The highest BCUT2D eigenvalue weighted by molar-refractivity contribution is 5.77. The van der Waals surface area contributed by atoms with E-state index < -0.39 is 11.9 Å². The van der Waals surface area contributed by atoms with E-state index in [-0.39, 0.29) is 0 Å². The fraction of sp³-hybridized carbons (Fsp3) is 0.0714. The number of hydrogen-bond acceptors (Lipinski definition) is 3. The molecule has 3 aromatic rings. The minimum atomic E-state index is -0.625. The van der Waals surface area contributed by atoms with Gasteiger partial charge in [0, 0.05) is 17.1 Å². The van der Waals surface area contributed by atoms with Crippen molar-refractivity contribution in [2.24, 2.45) is 5.73 Å². The van der Waals surface area contributed by atoms with E-state index in [2.05, 4.69) is 4.98 Å². The zero-order chi connectivity index (χ0) is 12.5. The number of halogens is 1. The van der Waals surface area contributed by atoms with Crippen molar-refractivity contribution < 1.29 is 8.81 Å². The molecule has 0 radical (unpaired) electrons. The van der Waals surface area contributed by atoms with Gasteiger partial charge in [0.1, 0.15) is 17.2 Å². The molecule has 90 valence electrons. The van der Waals surface area contributed by atoms with Crippen molar-refractivity contribution in [2.45, 2.75) is 6.04 Å². The van der Waals surface area contributed by atoms with Crippen molar-refractivity contribution in [1.82, 2.24) is 4.98 Å². The van der Waals surface area contributed by atoms with E-state index in [4.69, 9.17) is 10.2 Å². The summed E-state index contributed by atoms with van der Waals surface area (Å²) in [6, 6.07) is 10.4. The monoisotopic (exact) mass is 242 g/mol. The Morgan fingerprint density at radius 1 is 1.22 bits per heavy atom. The minimum Gasteiger partial charge on any atom is -0.459 e. The molecule has 18 heavy (non-hydrogen) atoms. The first-order chi connectivity index (χ1) is 8.75. The molecule has 1 atom stereocenters. The molecule has 4 heteroatoms. The first kappa shape index (κ1) is 10.9. The van der Waals surface area contributed by atoms with Gasteiger partial charge >= 0.3 is 0 Å². The van der Waals surface area contributed by atoms with E-state index in [1.807, 2.05) is 30.3 Å². The smallest absolute Gasteiger partial charge is 0.146 e. The van der Waals surface area contributed by atoms with Gasteiger partial charge in [-0.2, -0.15) is 0 Å². The number of para-hydroxylation sites is 1. The first-order valence-corrected chi connectivity index (χ1v) is 5.59. The van der Waals surface area contributed by atoms with Crippen LogP contribution in [0.3, 0.4) is 0 Å². The van der Waals surface area contributed by atoms with Gasteiger partial charge in [0.25, 0.3) is 0 Å². The second-order valence-corrected chi connectivity index (χ2v) is 4.06. The van der Waals surface area contributed by atoms with Gasteiger partial charge in [-0.1, -0.05) is 18.2 Å². The minimum absolute atomic E-state index is 0.379. The lowest BCUT2D eigenvalue weighted by Crippen LogP contribution is -2.12. The number of aromatic nitrogens is 1. The summed E-state index contributed by atoms with van der Waals surface area (Å²) in [4.78, 5) is 3.70. The number of rotatable bonds is 2. The van der Waals surface area contributed by atoms with Crippen LogP contribution in [0.5, 0.6) is 0 Å². The molecular weight excluding hydrogens is 231 g/mol. The predicted octanol–water partition coefficient (Wildman–Crippen LogP) is 3.02. The summed E-state index contributed by atoms with van der Waals surface area (Å²) in [7, 11) is 0. The molecule has 0 saturated heterocycles. The Morgan fingerprint density at radius 2 is 2.06 bits per heavy atom. The van der Waals surface area contributed by atoms with Gasteiger partial charge in [-0.15, -0.1) is 0 Å². The van der Waals surface area contributed by atoms with E-state index in [0.717, 1.165) is 17.2 Å². The van der Waals surface area contributed by atoms with E-state index >= 15 is 0 Å². The Kier molecular flexibility index (Phi) is 2.57. The Morgan fingerprint density at radius 3 is 2.83 bits per heavy atom. The van der Waals surface area contributed by atoms with E-state index in [1.165, 1.54) is 6.20 Å². The van der Waals surface area contributed by atoms with Crippen molar-refractivity contribution >= 4 is 11.0 Å². The number of nitrogens with two attached hydrogens (primary N) is 1. The molecule has 2 heterocycles. The van der Waals surface area contributed by atoms with Gasteiger partial charge in [0.05, 0.1) is 12.2 Å². The Labute approximate surface area is 103 Å². The molecule has 0 bridgehead atoms. The average molecular weight is 242 g/mol. The highest BCUT2D eigenvalue weighted by Crippen LogP contribution is 2.27. The van der Waals surface area contributed by atoms with Gasteiger partial charge in [-0.05, 0) is 18.2 Å². The number of furan rings is 1. The molecule has 0 spiro atoms. The van der Waals surface area contributed by atoms with Crippen LogP contribution in [0.1, 0.15) is 17.4 Å². The summed E-state index contributed by atoms with van der Waals surface area (Å²) in [5.74, 6) is 0.117. The molecule has 0 aliphatic rings. The van der Waals surface area contributed by atoms with Crippen molar-refractivity contribution in [3.63, 3.8) is 0 Å². The molecule has 2 aromatic heterocycles. The lowest BCUT2D eigenvalue weighted by atomic mass is 10.1. The zero-order valence-electron chi connectivity index (χ0n) is 9.51. The normalized spacial score (nSPS) is 12.8. The van der Waals surface area contributed by atoms with Crippen molar-refractivity contribution in [3.8, 4) is 0 Å². The summed E-state index contributed by atoms with van der Waals surface area (Å²) >= 11 is 0. The van der Waals surface area contributed by atoms with E-state index in [1.54, 1.807) is 6.07 Å². The maximum absolute atomic E-state index is 13.6. The molecule has 1 aromatic carbocycles. The number of benzene rings is 1. The SMILES string of the molecule is NC(c1cc2ccccc2o1)c1ccncc1F. The molecule has 2 N–H and O–H groups in total. The highest BCUT2D eigenvalue weighted by atomic mass is 19.1. The maximum Gasteiger partial charge on any atom is 0.146 e. The third-order valence-corrected chi connectivity index (χ3v) is 2.89. The first-order valence-electron chi connectivity index (χ1n) is 5.59. The second-order valence-electron chi connectivity index (χ2n) is 4.06. The summed E-state index contributed by atoms with van der Waals surface area (Å²) in [6.45, 7) is 0. The summed E-state index contributed by atoms with van der Waals surface area (Å²) in [5.41, 5.74) is 7.15. The molecular formula is C14H11FN2O. The molecule has 0 fully saturated rings. The highest BCUT2D eigenvalue weighted by Gasteiger charge is 2.17. The molecule has 3 rings (SSSR count). The van der Waals surface area contributed by atoms with Gasteiger partial charge in [-0.25, -0.2) is 4.39 Å². The lowest BCUT2D eigenvalue weighted by Gasteiger charge is -2.09. The van der Waals surface area contributed by atoms with Crippen molar-refractivity contribution in [3.05, 3.63) is 65.9 Å². The quantitative estimate of drug-likeness (QED) is 0.751. The third-order valence-electron chi connectivity index (χ3n) is 2.89. The van der Waals surface area contributed by atoms with Crippen LogP contribution in [-0.2, 0) is 0 Å². The standard InChI is InChI=1S/C14H11FN2O/c15-11-8-17-6-5-10(11)14(16)13-7-9-3-1-2-4-12(9)18-13/h1-8,14H,16H2. The average Bonchev–Trinajstić information content (AvgIpc) is 2.82. The maximum atomic E-state index is 13.6. The van der Waals surface area contributed by atoms with Crippen LogP contribution < -0.4 is 5.73 Å². The van der Waals surface area contributed by atoms with Gasteiger partial charge in [-0.3, -0.25) is 4.98 Å². The molecule has 0 amide bonds. The fourth-order valence-electron chi connectivity index (χ4n) is 1.95. The predicted molar refractivity (Wildman–Crippen MR) is 66.4 cm³/mol. The summed E-state index contributed by atoms with van der Waals surface area (Å²) in [5, 5.41) is 0.956. The number of fused-ring (bicyclic) bond motifs is 1. The Bertz CT molecular complexity index is 660. The van der Waals surface area contributed by atoms with Crippen LogP contribution in [0.15, 0.2) is 53.2 Å². The summed E-state index contributed by atoms with van der Waals surface area (Å²) in [6.07, 6.45) is 2.67. The summed E-state index contributed by atoms with van der Waals surface area (Å²) < 4.78 is 19.2. The van der Waals surface area contributed by atoms with E-state index in [0.29, 0.717) is 11.3 Å². The van der Waals surface area contributed by atoms with Crippen LogP contribution in [0.2, 0.25) is 0 Å². The number of nitrogens with zero attached hydrogens (tertiary/aromatic N) is 1. The van der Waals surface area contributed by atoms with Gasteiger partial charge in [0.2, 0.25) is 0 Å². The van der Waals surface area contributed by atoms with Crippen molar-refractivity contribution in [2.75, 3.05) is 0 Å².